The Morgan fingerprint density at radius 1 is 1.15 bits per heavy atom. The van der Waals surface area contributed by atoms with Gasteiger partial charge in [0.15, 0.2) is 0 Å². The number of para-hydroxylation sites is 1. The molecule has 4 nitrogen and oxygen atoms in total. The first-order chi connectivity index (χ1) is 13.1. The van der Waals surface area contributed by atoms with E-state index in [0.717, 1.165) is 22.6 Å². The summed E-state index contributed by atoms with van der Waals surface area (Å²) in [6.45, 7) is 4.26. The zero-order valence-electron chi connectivity index (χ0n) is 15.8. The number of hydrogen-bond donors (Lipinski definition) is 1. The third-order valence-electron chi connectivity index (χ3n) is 6.15. The summed E-state index contributed by atoms with van der Waals surface area (Å²) in [6.07, 6.45) is 6.94. The Balaban J connectivity index is 1.46. The molecule has 0 bridgehead atoms. The maximum atomic E-state index is 13.1. The molecule has 3 heterocycles. The number of aryl methyl sites for hydroxylation is 1. The molecule has 1 N–H and O–H groups in total. The molecule has 140 valence electrons. The molecule has 27 heavy (non-hydrogen) atoms. The van der Waals surface area contributed by atoms with Crippen molar-refractivity contribution >= 4 is 23.7 Å². The lowest BCUT2D eigenvalue weighted by Gasteiger charge is -2.29. The maximum Gasteiger partial charge on any atom is 0.262 e. The number of benzene rings is 1. The van der Waals surface area contributed by atoms with Gasteiger partial charge in [-0.15, -0.1) is 0 Å². The molecule has 2 saturated heterocycles. The molecule has 3 unspecified atom stereocenters. The third kappa shape index (κ3) is 2.75. The fourth-order valence-electron chi connectivity index (χ4n) is 4.87. The molecular formula is C22H25N3OS. The van der Waals surface area contributed by atoms with Crippen LogP contribution < -0.4 is 5.32 Å². The lowest BCUT2D eigenvalue weighted by atomic mass is 9.91. The predicted octanol–water partition coefficient (Wildman–Crippen LogP) is 4.21. The van der Waals surface area contributed by atoms with E-state index in [1.54, 1.807) is 11.8 Å². The summed E-state index contributed by atoms with van der Waals surface area (Å²) in [5, 5.41) is 3.68. The first-order valence-corrected chi connectivity index (χ1v) is 10.7. The minimum atomic E-state index is 0.120. The van der Waals surface area contributed by atoms with Gasteiger partial charge in [-0.25, -0.2) is 0 Å². The summed E-state index contributed by atoms with van der Waals surface area (Å²) in [4.78, 5) is 16.1. The fourth-order valence-corrected chi connectivity index (χ4v) is 6.12. The highest BCUT2D eigenvalue weighted by Gasteiger charge is 2.49. The second kappa shape index (κ2) is 6.57. The largest absolute Gasteiger partial charge is 0.318 e. The zero-order chi connectivity index (χ0) is 18.5. The second-order valence-electron chi connectivity index (χ2n) is 7.81. The van der Waals surface area contributed by atoms with E-state index >= 15 is 0 Å². The molecule has 3 fully saturated rings. The van der Waals surface area contributed by atoms with Gasteiger partial charge in [0.2, 0.25) is 0 Å². The normalized spacial score (nSPS) is 28.7. The van der Waals surface area contributed by atoms with Crippen molar-refractivity contribution in [2.75, 3.05) is 0 Å². The summed E-state index contributed by atoms with van der Waals surface area (Å²) in [7, 11) is 0. The molecule has 5 rings (SSSR count). The number of aromatic nitrogens is 1. The number of nitrogens with zero attached hydrogens (tertiary/aromatic N) is 2. The number of nitrogens with one attached hydrogen (secondary N) is 1. The van der Waals surface area contributed by atoms with E-state index < -0.39 is 0 Å². The first kappa shape index (κ1) is 17.1. The third-order valence-corrected chi connectivity index (χ3v) is 7.28. The van der Waals surface area contributed by atoms with Gasteiger partial charge in [0.25, 0.3) is 5.91 Å². The number of carbonyl (C=O) groups is 1. The van der Waals surface area contributed by atoms with E-state index in [1.165, 1.54) is 30.7 Å². The Bertz CT molecular complexity index is 917. The van der Waals surface area contributed by atoms with Gasteiger partial charge in [-0.3, -0.25) is 10.1 Å². The Morgan fingerprint density at radius 3 is 2.74 bits per heavy atom. The number of hydrogen-bond acceptors (Lipinski definition) is 3. The van der Waals surface area contributed by atoms with Crippen LogP contribution in [0, 0.1) is 13.8 Å². The van der Waals surface area contributed by atoms with Gasteiger partial charge in [0.05, 0.1) is 4.91 Å². The molecule has 1 aromatic heterocycles. The standard InChI is InChI=1S/C22H25N3OS/c1-14-12-16(15(2)24(14)17-8-4-3-5-9-17)13-20-21(26)25-19-11-7-6-10-18(19)23-22(25)27-20/h3-5,8-9,12-13,18-19,22-23H,6-7,10-11H2,1-2H3. The molecule has 1 aliphatic carbocycles. The Labute approximate surface area is 164 Å². The number of rotatable bonds is 2. The van der Waals surface area contributed by atoms with E-state index in [-0.39, 0.29) is 11.4 Å². The highest BCUT2D eigenvalue weighted by Crippen LogP contribution is 2.44. The summed E-state index contributed by atoms with van der Waals surface area (Å²) in [5.74, 6) is 0.205. The number of amides is 1. The highest BCUT2D eigenvalue weighted by atomic mass is 32.2. The second-order valence-corrected chi connectivity index (χ2v) is 8.94. The van der Waals surface area contributed by atoms with E-state index in [0.29, 0.717) is 12.1 Å². The average molecular weight is 380 g/mol. The van der Waals surface area contributed by atoms with Crippen LogP contribution in [0.2, 0.25) is 0 Å². The molecule has 0 spiro atoms. The monoisotopic (exact) mass is 379 g/mol. The van der Waals surface area contributed by atoms with Crippen molar-refractivity contribution in [1.29, 1.82) is 0 Å². The summed E-state index contributed by atoms with van der Waals surface area (Å²) < 4.78 is 2.26. The van der Waals surface area contributed by atoms with Crippen LogP contribution in [0.25, 0.3) is 11.8 Å². The lowest BCUT2D eigenvalue weighted by molar-refractivity contribution is -0.127. The van der Waals surface area contributed by atoms with Gasteiger partial charge in [-0.1, -0.05) is 42.8 Å². The molecule has 1 aromatic carbocycles. The van der Waals surface area contributed by atoms with Crippen molar-refractivity contribution in [3.63, 3.8) is 0 Å². The van der Waals surface area contributed by atoms with Gasteiger partial charge in [-0.05, 0) is 56.5 Å². The van der Waals surface area contributed by atoms with Gasteiger partial charge in [-0.2, -0.15) is 0 Å². The van der Waals surface area contributed by atoms with E-state index in [1.807, 2.05) is 6.07 Å². The Morgan fingerprint density at radius 2 is 1.93 bits per heavy atom. The topological polar surface area (TPSA) is 37.3 Å². The molecular weight excluding hydrogens is 354 g/mol. The molecule has 3 atom stereocenters. The van der Waals surface area contributed by atoms with Gasteiger partial charge in [0, 0.05) is 29.2 Å². The number of fused-ring (bicyclic) bond motifs is 3. The van der Waals surface area contributed by atoms with E-state index in [4.69, 9.17) is 0 Å². The van der Waals surface area contributed by atoms with Gasteiger partial charge in [0.1, 0.15) is 5.50 Å². The molecule has 2 aliphatic heterocycles. The van der Waals surface area contributed by atoms with Crippen LogP contribution in [0.3, 0.4) is 0 Å². The highest BCUT2D eigenvalue weighted by molar-refractivity contribution is 8.05. The Hall–Kier alpha value is -1.98. The van der Waals surface area contributed by atoms with Crippen molar-refractivity contribution in [1.82, 2.24) is 14.8 Å². The van der Waals surface area contributed by atoms with E-state index in [9.17, 15) is 4.79 Å². The summed E-state index contributed by atoms with van der Waals surface area (Å²) in [5.41, 5.74) is 4.78. The van der Waals surface area contributed by atoms with Crippen molar-refractivity contribution in [3.8, 4) is 5.69 Å². The van der Waals surface area contributed by atoms with Crippen molar-refractivity contribution in [2.24, 2.45) is 0 Å². The minimum absolute atomic E-state index is 0.120. The van der Waals surface area contributed by atoms with Crippen LogP contribution in [0.4, 0.5) is 0 Å². The maximum absolute atomic E-state index is 13.1. The Kier molecular flexibility index (Phi) is 4.17. The van der Waals surface area contributed by atoms with Crippen molar-refractivity contribution < 1.29 is 4.79 Å². The lowest BCUT2D eigenvalue weighted by Crippen LogP contribution is -2.40. The van der Waals surface area contributed by atoms with Crippen LogP contribution in [0.5, 0.6) is 0 Å². The van der Waals surface area contributed by atoms with Crippen LogP contribution in [-0.2, 0) is 4.79 Å². The average Bonchev–Trinajstić information content (AvgIpc) is 3.28. The predicted molar refractivity (Wildman–Crippen MR) is 111 cm³/mol. The quantitative estimate of drug-likeness (QED) is 0.795. The summed E-state index contributed by atoms with van der Waals surface area (Å²) >= 11 is 1.69. The molecule has 3 aliphatic rings. The van der Waals surface area contributed by atoms with Crippen molar-refractivity contribution in [2.45, 2.75) is 57.1 Å². The molecule has 2 aromatic rings. The first-order valence-electron chi connectivity index (χ1n) is 9.85. The van der Waals surface area contributed by atoms with Crippen LogP contribution in [-0.4, -0.2) is 33.0 Å². The smallest absolute Gasteiger partial charge is 0.262 e. The minimum Gasteiger partial charge on any atom is -0.318 e. The van der Waals surface area contributed by atoms with Crippen LogP contribution in [0.15, 0.2) is 41.3 Å². The summed E-state index contributed by atoms with van der Waals surface area (Å²) in [6, 6.07) is 13.4. The molecule has 1 amide bonds. The molecule has 0 radical (unpaired) electrons. The fraction of sp³-hybridized carbons (Fsp3) is 0.409. The molecule has 5 heteroatoms. The van der Waals surface area contributed by atoms with E-state index in [2.05, 4.69) is 65.0 Å². The van der Waals surface area contributed by atoms with Gasteiger partial charge < -0.3 is 9.47 Å². The number of thioether (sulfide) groups is 1. The van der Waals surface area contributed by atoms with Crippen LogP contribution in [0.1, 0.15) is 42.6 Å². The zero-order valence-corrected chi connectivity index (χ0v) is 16.6. The van der Waals surface area contributed by atoms with Crippen molar-refractivity contribution in [3.05, 3.63) is 58.3 Å². The van der Waals surface area contributed by atoms with Gasteiger partial charge >= 0.3 is 0 Å². The number of carbonyl (C=O) groups excluding carboxylic acids is 1. The molecule has 1 saturated carbocycles. The SMILES string of the molecule is Cc1cc(C=C2SC3NC4CCCCC4N3C2=O)c(C)n1-c1ccccc1. The van der Waals surface area contributed by atoms with Crippen LogP contribution >= 0.6 is 11.8 Å².